The lowest BCUT2D eigenvalue weighted by Gasteiger charge is -2.19. The summed E-state index contributed by atoms with van der Waals surface area (Å²) in [4.78, 5) is 0. The van der Waals surface area contributed by atoms with Crippen LogP contribution in [0.5, 0.6) is 5.75 Å². The number of halogens is 3. The van der Waals surface area contributed by atoms with Crippen LogP contribution in [0.1, 0.15) is 24.1 Å². The van der Waals surface area contributed by atoms with Crippen molar-refractivity contribution >= 4 is 17.3 Å². The summed E-state index contributed by atoms with van der Waals surface area (Å²) in [7, 11) is 1.53. The Hall–Kier alpha value is -1.81. The zero-order valence-corrected chi connectivity index (χ0v) is 12.8. The van der Waals surface area contributed by atoms with Crippen LogP contribution in [0.3, 0.4) is 0 Å². The Morgan fingerprint density at radius 3 is 2.52 bits per heavy atom. The molecule has 2 rings (SSSR count). The molecule has 2 aromatic carbocycles. The monoisotopic (exact) mass is 311 g/mol. The quantitative estimate of drug-likeness (QED) is 0.847. The number of anilines is 1. The van der Waals surface area contributed by atoms with Crippen LogP contribution in [-0.2, 0) is 0 Å². The fourth-order valence-corrected chi connectivity index (χ4v) is 2.27. The maximum absolute atomic E-state index is 14.0. The maximum atomic E-state index is 14.0. The summed E-state index contributed by atoms with van der Waals surface area (Å²) in [5.74, 6) is -0.299. The maximum Gasteiger partial charge on any atom is 0.142 e. The number of rotatable bonds is 4. The summed E-state index contributed by atoms with van der Waals surface area (Å²) >= 11 is 5.95. The summed E-state index contributed by atoms with van der Waals surface area (Å²) in [6.07, 6.45) is 0. The van der Waals surface area contributed by atoms with Crippen LogP contribution in [0.25, 0.3) is 0 Å². The van der Waals surface area contributed by atoms with E-state index in [1.807, 2.05) is 0 Å². The Morgan fingerprint density at radius 1 is 1.14 bits per heavy atom. The van der Waals surface area contributed by atoms with Crippen molar-refractivity contribution in [3.8, 4) is 5.75 Å². The average molecular weight is 312 g/mol. The molecule has 112 valence electrons. The molecule has 0 saturated carbocycles. The SMILES string of the molecule is COc1ccc(Cl)cc1NC(C)c1cc(F)c(C)cc1F. The molecule has 0 aromatic heterocycles. The fraction of sp³-hybridized carbons (Fsp3) is 0.250. The van der Waals surface area contributed by atoms with Crippen molar-refractivity contribution in [1.82, 2.24) is 0 Å². The van der Waals surface area contributed by atoms with E-state index in [4.69, 9.17) is 16.3 Å². The second kappa shape index (κ2) is 6.31. The highest BCUT2D eigenvalue weighted by atomic mass is 35.5. The van der Waals surface area contributed by atoms with Gasteiger partial charge < -0.3 is 10.1 Å². The van der Waals surface area contributed by atoms with Gasteiger partial charge in [-0.25, -0.2) is 8.78 Å². The van der Waals surface area contributed by atoms with E-state index in [9.17, 15) is 8.78 Å². The molecule has 0 heterocycles. The van der Waals surface area contributed by atoms with Crippen LogP contribution < -0.4 is 10.1 Å². The Labute approximate surface area is 127 Å². The van der Waals surface area contributed by atoms with E-state index in [1.54, 1.807) is 25.1 Å². The first kappa shape index (κ1) is 15.6. The molecule has 21 heavy (non-hydrogen) atoms. The van der Waals surface area contributed by atoms with E-state index in [-0.39, 0.29) is 11.1 Å². The molecule has 0 aliphatic carbocycles. The van der Waals surface area contributed by atoms with Gasteiger partial charge in [-0.2, -0.15) is 0 Å². The Morgan fingerprint density at radius 2 is 1.86 bits per heavy atom. The molecule has 5 heteroatoms. The molecule has 1 N–H and O–H groups in total. The summed E-state index contributed by atoms with van der Waals surface area (Å²) in [5, 5.41) is 3.62. The summed E-state index contributed by atoms with van der Waals surface area (Å²) in [5.41, 5.74) is 1.15. The second-order valence-corrected chi connectivity index (χ2v) is 5.27. The van der Waals surface area contributed by atoms with Crippen LogP contribution in [-0.4, -0.2) is 7.11 Å². The van der Waals surface area contributed by atoms with Crippen molar-refractivity contribution in [2.24, 2.45) is 0 Å². The van der Waals surface area contributed by atoms with Gasteiger partial charge in [-0.15, -0.1) is 0 Å². The van der Waals surface area contributed by atoms with E-state index in [0.29, 0.717) is 16.5 Å². The van der Waals surface area contributed by atoms with Gasteiger partial charge in [-0.05, 0) is 49.7 Å². The fourth-order valence-electron chi connectivity index (χ4n) is 2.10. The average Bonchev–Trinajstić information content (AvgIpc) is 2.43. The smallest absolute Gasteiger partial charge is 0.142 e. The number of benzene rings is 2. The van der Waals surface area contributed by atoms with Crippen LogP contribution >= 0.6 is 11.6 Å². The first-order chi connectivity index (χ1) is 9.92. The van der Waals surface area contributed by atoms with E-state index in [0.717, 1.165) is 0 Å². The number of methoxy groups -OCH3 is 1. The standard InChI is InChI=1S/C16H16ClF2NO/c1-9-6-14(19)12(8-13(9)18)10(2)20-15-7-11(17)4-5-16(15)21-3/h4-8,10,20H,1-3H3. The van der Waals surface area contributed by atoms with E-state index < -0.39 is 17.7 Å². The van der Waals surface area contributed by atoms with E-state index in [1.165, 1.54) is 26.2 Å². The largest absolute Gasteiger partial charge is 0.495 e. The molecule has 1 unspecified atom stereocenters. The second-order valence-electron chi connectivity index (χ2n) is 4.83. The Kier molecular flexibility index (Phi) is 4.68. The zero-order valence-electron chi connectivity index (χ0n) is 12.0. The number of hydrogen-bond acceptors (Lipinski definition) is 2. The van der Waals surface area contributed by atoms with Gasteiger partial charge in [-0.3, -0.25) is 0 Å². The minimum absolute atomic E-state index is 0.250. The molecule has 1 atom stereocenters. The molecule has 0 saturated heterocycles. The highest BCUT2D eigenvalue weighted by molar-refractivity contribution is 6.30. The van der Waals surface area contributed by atoms with Crippen LogP contribution in [0, 0.1) is 18.6 Å². The predicted molar refractivity (Wildman–Crippen MR) is 81.1 cm³/mol. The lowest BCUT2D eigenvalue weighted by Crippen LogP contribution is -2.10. The molecule has 0 radical (unpaired) electrons. The minimum Gasteiger partial charge on any atom is -0.495 e. The van der Waals surface area contributed by atoms with Crippen LogP contribution in [0.15, 0.2) is 30.3 Å². The molecule has 2 nitrogen and oxygen atoms in total. The number of ether oxygens (including phenoxy) is 1. The molecule has 0 amide bonds. The molecule has 0 fully saturated rings. The molecule has 0 aliphatic rings. The van der Waals surface area contributed by atoms with Crippen molar-refractivity contribution < 1.29 is 13.5 Å². The van der Waals surface area contributed by atoms with E-state index in [2.05, 4.69) is 5.32 Å². The van der Waals surface area contributed by atoms with Crippen molar-refractivity contribution in [3.63, 3.8) is 0 Å². The molecule has 0 bridgehead atoms. The molecular formula is C16H16ClF2NO. The molecular weight excluding hydrogens is 296 g/mol. The van der Waals surface area contributed by atoms with Gasteiger partial charge in [0.1, 0.15) is 17.4 Å². The van der Waals surface area contributed by atoms with Gasteiger partial charge in [0.15, 0.2) is 0 Å². The number of nitrogens with one attached hydrogen (secondary N) is 1. The first-order valence-corrected chi connectivity index (χ1v) is 6.85. The minimum atomic E-state index is -0.449. The third kappa shape index (κ3) is 3.45. The van der Waals surface area contributed by atoms with Gasteiger partial charge in [0.25, 0.3) is 0 Å². The van der Waals surface area contributed by atoms with Crippen molar-refractivity contribution in [1.29, 1.82) is 0 Å². The van der Waals surface area contributed by atoms with Gasteiger partial charge >= 0.3 is 0 Å². The highest BCUT2D eigenvalue weighted by Crippen LogP contribution is 2.32. The van der Waals surface area contributed by atoms with Crippen LogP contribution in [0.4, 0.5) is 14.5 Å². The molecule has 2 aromatic rings. The Balaban J connectivity index is 2.32. The topological polar surface area (TPSA) is 21.3 Å². The lowest BCUT2D eigenvalue weighted by molar-refractivity contribution is 0.416. The van der Waals surface area contributed by atoms with Gasteiger partial charge in [-0.1, -0.05) is 11.6 Å². The number of aryl methyl sites for hydroxylation is 1. The Bertz CT molecular complexity index is 661. The lowest BCUT2D eigenvalue weighted by atomic mass is 10.0. The first-order valence-electron chi connectivity index (χ1n) is 6.48. The van der Waals surface area contributed by atoms with Crippen molar-refractivity contribution in [2.75, 3.05) is 12.4 Å². The molecule has 0 spiro atoms. The summed E-state index contributed by atoms with van der Waals surface area (Å²) in [6.45, 7) is 3.27. The van der Waals surface area contributed by atoms with Crippen molar-refractivity contribution in [3.05, 3.63) is 58.1 Å². The number of hydrogen-bond donors (Lipinski definition) is 1. The predicted octanol–water partition coefficient (Wildman–Crippen LogP) is 5.11. The highest BCUT2D eigenvalue weighted by Gasteiger charge is 2.15. The van der Waals surface area contributed by atoms with E-state index >= 15 is 0 Å². The third-order valence-corrected chi connectivity index (χ3v) is 3.51. The molecule has 0 aliphatic heterocycles. The normalized spacial score (nSPS) is 12.1. The third-order valence-electron chi connectivity index (χ3n) is 3.28. The van der Waals surface area contributed by atoms with Crippen molar-refractivity contribution in [2.45, 2.75) is 19.9 Å². The zero-order chi connectivity index (χ0) is 15.6. The summed E-state index contributed by atoms with van der Waals surface area (Å²) in [6, 6.07) is 7.05. The van der Waals surface area contributed by atoms with Gasteiger partial charge in [0.2, 0.25) is 0 Å². The summed E-state index contributed by atoms with van der Waals surface area (Å²) < 4.78 is 32.8. The van der Waals surface area contributed by atoms with Crippen LogP contribution in [0.2, 0.25) is 5.02 Å². The van der Waals surface area contributed by atoms with Gasteiger partial charge in [0.05, 0.1) is 18.8 Å². The van der Waals surface area contributed by atoms with Gasteiger partial charge in [0, 0.05) is 10.6 Å².